The summed E-state index contributed by atoms with van der Waals surface area (Å²) >= 11 is 5.82. The summed E-state index contributed by atoms with van der Waals surface area (Å²) in [4.78, 5) is 36.3. The van der Waals surface area contributed by atoms with Crippen LogP contribution in [0.5, 0.6) is 5.75 Å². The molecular formula is C22H16ClNO5. The van der Waals surface area contributed by atoms with Crippen LogP contribution in [0.15, 0.2) is 72.8 Å². The Kier molecular flexibility index (Phi) is 6.26. The van der Waals surface area contributed by atoms with Crippen LogP contribution in [0, 0.1) is 0 Å². The van der Waals surface area contributed by atoms with E-state index in [-0.39, 0.29) is 34.2 Å². The summed E-state index contributed by atoms with van der Waals surface area (Å²) in [6.45, 7) is -0.171. The molecule has 0 unspecified atom stereocenters. The van der Waals surface area contributed by atoms with Gasteiger partial charge in [-0.05, 0) is 42.5 Å². The Labute approximate surface area is 171 Å². The fourth-order valence-electron chi connectivity index (χ4n) is 2.58. The predicted molar refractivity (Wildman–Crippen MR) is 109 cm³/mol. The van der Waals surface area contributed by atoms with E-state index in [4.69, 9.17) is 16.3 Å². The van der Waals surface area contributed by atoms with Crippen LogP contribution < -0.4 is 10.1 Å². The smallest absolute Gasteiger partial charge is 0.337 e. The van der Waals surface area contributed by atoms with Gasteiger partial charge in [-0.2, -0.15) is 0 Å². The van der Waals surface area contributed by atoms with Crippen LogP contribution in [0.4, 0.5) is 5.69 Å². The van der Waals surface area contributed by atoms with Crippen molar-refractivity contribution in [3.8, 4) is 5.75 Å². The number of carbonyl (C=O) groups is 3. The Balaban J connectivity index is 1.73. The average molecular weight is 410 g/mol. The van der Waals surface area contributed by atoms with Crippen LogP contribution in [0.3, 0.4) is 0 Å². The van der Waals surface area contributed by atoms with E-state index in [1.807, 2.05) is 6.07 Å². The van der Waals surface area contributed by atoms with Gasteiger partial charge >= 0.3 is 5.97 Å². The highest BCUT2D eigenvalue weighted by atomic mass is 35.5. The molecule has 0 radical (unpaired) electrons. The molecule has 0 bridgehead atoms. The highest BCUT2D eigenvalue weighted by Gasteiger charge is 2.16. The standard InChI is InChI=1S/C22H16ClNO5/c23-16-9-10-19(18(12-16)22(27)28)24-21(26)15-6-4-5-14(11-15)20(25)13-29-17-7-2-1-3-8-17/h1-12H,13H2,(H,24,26)(H,27,28). The van der Waals surface area contributed by atoms with Crippen molar-refractivity contribution in [2.24, 2.45) is 0 Å². The van der Waals surface area contributed by atoms with E-state index in [2.05, 4.69) is 5.32 Å². The van der Waals surface area contributed by atoms with E-state index in [9.17, 15) is 19.5 Å². The first-order valence-corrected chi connectivity index (χ1v) is 8.97. The number of ketones is 1. The number of aromatic carboxylic acids is 1. The molecule has 146 valence electrons. The third-order valence-electron chi connectivity index (χ3n) is 4.02. The molecule has 3 rings (SSSR count). The number of Topliss-reactive ketones (excluding diaryl/α,β-unsaturated/α-hetero) is 1. The Morgan fingerprint density at radius 3 is 2.34 bits per heavy atom. The van der Waals surface area contributed by atoms with E-state index < -0.39 is 11.9 Å². The molecule has 2 N–H and O–H groups in total. The van der Waals surface area contributed by atoms with Gasteiger partial charge in [-0.3, -0.25) is 9.59 Å². The molecule has 6 nitrogen and oxygen atoms in total. The van der Waals surface area contributed by atoms with Crippen molar-refractivity contribution in [3.05, 3.63) is 94.5 Å². The predicted octanol–water partition coefficient (Wildman–Crippen LogP) is 4.55. The fourth-order valence-corrected chi connectivity index (χ4v) is 2.75. The average Bonchev–Trinajstić information content (AvgIpc) is 2.74. The minimum Gasteiger partial charge on any atom is -0.485 e. The van der Waals surface area contributed by atoms with Gasteiger partial charge in [0.2, 0.25) is 0 Å². The number of rotatable bonds is 7. The number of para-hydroxylation sites is 1. The molecule has 0 fully saturated rings. The molecule has 3 aromatic rings. The minimum atomic E-state index is -1.22. The van der Waals surface area contributed by atoms with Gasteiger partial charge in [-0.1, -0.05) is 41.9 Å². The first-order chi connectivity index (χ1) is 13.9. The summed E-state index contributed by atoms with van der Waals surface area (Å²) in [5.74, 6) is -1.49. The summed E-state index contributed by atoms with van der Waals surface area (Å²) in [6, 6.07) is 19.2. The van der Waals surface area contributed by atoms with Gasteiger partial charge in [0, 0.05) is 16.1 Å². The van der Waals surface area contributed by atoms with Crippen molar-refractivity contribution in [1.82, 2.24) is 0 Å². The minimum absolute atomic E-state index is 0.107. The van der Waals surface area contributed by atoms with E-state index in [1.54, 1.807) is 36.4 Å². The summed E-state index contributed by atoms with van der Waals surface area (Å²) in [6.07, 6.45) is 0. The summed E-state index contributed by atoms with van der Waals surface area (Å²) < 4.78 is 5.44. The number of carbonyl (C=O) groups excluding carboxylic acids is 2. The van der Waals surface area contributed by atoms with E-state index in [0.717, 1.165) is 0 Å². The van der Waals surface area contributed by atoms with Crippen molar-refractivity contribution < 1.29 is 24.2 Å². The molecule has 0 aromatic heterocycles. The lowest BCUT2D eigenvalue weighted by Crippen LogP contribution is -2.16. The molecule has 0 saturated heterocycles. The molecule has 1 amide bonds. The normalized spacial score (nSPS) is 10.2. The van der Waals surface area contributed by atoms with Crippen molar-refractivity contribution in [1.29, 1.82) is 0 Å². The van der Waals surface area contributed by atoms with Crippen LogP contribution in [0.1, 0.15) is 31.1 Å². The van der Waals surface area contributed by atoms with Gasteiger partial charge in [-0.15, -0.1) is 0 Å². The summed E-state index contributed by atoms with van der Waals surface area (Å²) in [7, 11) is 0. The maximum absolute atomic E-state index is 12.5. The molecule has 0 aliphatic heterocycles. The van der Waals surface area contributed by atoms with E-state index in [1.165, 1.54) is 30.3 Å². The topological polar surface area (TPSA) is 92.7 Å². The van der Waals surface area contributed by atoms with Crippen LogP contribution in [0.25, 0.3) is 0 Å². The number of carboxylic acid groups (broad SMARTS) is 1. The second-order valence-electron chi connectivity index (χ2n) is 6.05. The summed E-state index contributed by atoms with van der Waals surface area (Å²) in [5, 5.41) is 12.1. The monoisotopic (exact) mass is 409 g/mol. The Bertz CT molecular complexity index is 1070. The maximum atomic E-state index is 12.5. The first kappa shape index (κ1) is 20.1. The van der Waals surface area contributed by atoms with E-state index >= 15 is 0 Å². The molecule has 0 spiro atoms. The molecule has 7 heteroatoms. The number of anilines is 1. The van der Waals surface area contributed by atoms with Crippen molar-refractivity contribution in [2.75, 3.05) is 11.9 Å². The molecule has 0 saturated carbocycles. The Hall–Kier alpha value is -3.64. The maximum Gasteiger partial charge on any atom is 0.337 e. The lowest BCUT2D eigenvalue weighted by atomic mass is 10.1. The van der Waals surface area contributed by atoms with Gasteiger partial charge in [0.15, 0.2) is 12.4 Å². The number of hydrogen-bond donors (Lipinski definition) is 2. The van der Waals surface area contributed by atoms with Gasteiger partial charge in [0.25, 0.3) is 5.91 Å². The van der Waals surface area contributed by atoms with Crippen LogP contribution in [0.2, 0.25) is 5.02 Å². The van der Waals surface area contributed by atoms with Crippen LogP contribution >= 0.6 is 11.6 Å². The molecule has 0 atom stereocenters. The zero-order chi connectivity index (χ0) is 20.8. The number of amides is 1. The van der Waals surface area contributed by atoms with E-state index in [0.29, 0.717) is 11.3 Å². The molecule has 0 aliphatic rings. The number of benzene rings is 3. The molecule has 0 heterocycles. The Morgan fingerprint density at radius 2 is 1.62 bits per heavy atom. The Morgan fingerprint density at radius 1 is 0.897 bits per heavy atom. The fraction of sp³-hybridized carbons (Fsp3) is 0.0455. The van der Waals surface area contributed by atoms with Gasteiger partial charge < -0.3 is 15.2 Å². The van der Waals surface area contributed by atoms with Crippen molar-refractivity contribution >= 4 is 34.9 Å². The number of hydrogen-bond acceptors (Lipinski definition) is 4. The quantitative estimate of drug-likeness (QED) is 0.558. The molecular weight excluding hydrogens is 394 g/mol. The van der Waals surface area contributed by atoms with Gasteiger partial charge in [0.05, 0.1) is 11.3 Å². The lowest BCUT2D eigenvalue weighted by molar-refractivity contribution is 0.0697. The highest BCUT2D eigenvalue weighted by molar-refractivity contribution is 6.31. The van der Waals surface area contributed by atoms with Crippen LogP contribution in [-0.4, -0.2) is 29.4 Å². The van der Waals surface area contributed by atoms with Gasteiger partial charge in [-0.25, -0.2) is 4.79 Å². The number of nitrogens with one attached hydrogen (secondary N) is 1. The second kappa shape index (κ2) is 9.03. The third-order valence-corrected chi connectivity index (χ3v) is 4.26. The van der Waals surface area contributed by atoms with Crippen molar-refractivity contribution in [2.45, 2.75) is 0 Å². The number of carboxylic acids is 1. The highest BCUT2D eigenvalue weighted by Crippen LogP contribution is 2.22. The third kappa shape index (κ3) is 5.21. The molecule has 29 heavy (non-hydrogen) atoms. The molecule has 3 aromatic carbocycles. The lowest BCUT2D eigenvalue weighted by Gasteiger charge is -2.10. The SMILES string of the molecule is O=C(COc1ccccc1)c1cccc(C(=O)Nc2ccc(Cl)cc2C(=O)O)c1. The van der Waals surface area contributed by atoms with Gasteiger partial charge in [0.1, 0.15) is 5.75 Å². The van der Waals surface area contributed by atoms with Crippen LogP contribution in [-0.2, 0) is 0 Å². The summed E-state index contributed by atoms with van der Waals surface area (Å²) in [5.41, 5.74) is 0.496. The number of halogens is 1. The number of ether oxygens (including phenoxy) is 1. The second-order valence-corrected chi connectivity index (χ2v) is 6.49. The zero-order valence-corrected chi connectivity index (χ0v) is 15.8. The largest absolute Gasteiger partial charge is 0.485 e. The first-order valence-electron chi connectivity index (χ1n) is 8.59. The van der Waals surface area contributed by atoms with Crippen molar-refractivity contribution in [3.63, 3.8) is 0 Å². The zero-order valence-electron chi connectivity index (χ0n) is 15.1. The molecule has 0 aliphatic carbocycles.